The van der Waals surface area contributed by atoms with Gasteiger partial charge in [-0.25, -0.2) is 0 Å². The van der Waals surface area contributed by atoms with Crippen LogP contribution in [0.5, 0.6) is 11.5 Å². The van der Waals surface area contributed by atoms with Gasteiger partial charge in [0, 0.05) is 26.4 Å². The Morgan fingerprint density at radius 2 is 1.93 bits per heavy atom. The smallest absolute Gasteiger partial charge is 0.309 e. The van der Waals surface area contributed by atoms with E-state index in [1.165, 1.54) is 6.92 Å². The van der Waals surface area contributed by atoms with Crippen LogP contribution in [0.1, 0.15) is 32.3 Å². The van der Waals surface area contributed by atoms with Crippen molar-refractivity contribution in [3.8, 4) is 11.5 Å². The van der Waals surface area contributed by atoms with E-state index in [0.717, 1.165) is 5.56 Å². The SMILES string of the molecule is CCOC(=O)C1CCN(C(=O)C(Cc2ccc3c(c2)OCO3)NC(C)=O)CC1. The first-order chi connectivity index (χ1) is 13.5. The van der Waals surface area contributed by atoms with Crippen LogP contribution in [0.25, 0.3) is 0 Å². The van der Waals surface area contributed by atoms with Gasteiger partial charge in [-0.2, -0.15) is 0 Å². The number of fused-ring (bicyclic) bond motifs is 1. The Labute approximate surface area is 164 Å². The summed E-state index contributed by atoms with van der Waals surface area (Å²) in [6, 6.07) is 4.83. The average Bonchev–Trinajstić information content (AvgIpc) is 3.15. The molecule has 2 heterocycles. The maximum atomic E-state index is 13.0. The van der Waals surface area contributed by atoms with Crippen LogP contribution in [0.4, 0.5) is 0 Å². The van der Waals surface area contributed by atoms with Gasteiger partial charge < -0.3 is 24.4 Å². The summed E-state index contributed by atoms with van der Waals surface area (Å²) in [5, 5.41) is 2.75. The largest absolute Gasteiger partial charge is 0.466 e. The van der Waals surface area contributed by atoms with E-state index in [2.05, 4.69) is 5.32 Å². The van der Waals surface area contributed by atoms with Gasteiger partial charge >= 0.3 is 5.97 Å². The molecule has 2 amide bonds. The Bertz CT molecular complexity index is 742. The second kappa shape index (κ2) is 8.95. The maximum Gasteiger partial charge on any atom is 0.309 e. The van der Waals surface area contributed by atoms with Crippen molar-refractivity contribution in [2.45, 2.75) is 39.2 Å². The second-order valence-corrected chi connectivity index (χ2v) is 7.00. The highest BCUT2D eigenvalue weighted by molar-refractivity contribution is 5.87. The van der Waals surface area contributed by atoms with Crippen LogP contribution in [-0.4, -0.2) is 55.2 Å². The van der Waals surface area contributed by atoms with Crippen molar-refractivity contribution in [3.63, 3.8) is 0 Å². The van der Waals surface area contributed by atoms with Crippen LogP contribution in [0.15, 0.2) is 18.2 Å². The van der Waals surface area contributed by atoms with Gasteiger partial charge in [0.15, 0.2) is 11.5 Å². The first-order valence-electron chi connectivity index (χ1n) is 9.59. The molecule has 2 aliphatic rings. The second-order valence-electron chi connectivity index (χ2n) is 7.00. The lowest BCUT2D eigenvalue weighted by molar-refractivity contribution is -0.151. The maximum absolute atomic E-state index is 13.0. The summed E-state index contributed by atoms with van der Waals surface area (Å²) < 4.78 is 15.8. The summed E-state index contributed by atoms with van der Waals surface area (Å²) >= 11 is 0. The lowest BCUT2D eigenvalue weighted by Crippen LogP contribution is -2.51. The predicted octanol–water partition coefficient (Wildman–Crippen LogP) is 1.26. The average molecular weight is 390 g/mol. The first-order valence-corrected chi connectivity index (χ1v) is 9.59. The third-order valence-corrected chi connectivity index (χ3v) is 4.98. The molecular formula is C20H26N2O6. The molecule has 28 heavy (non-hydrogen) atoms. The molecule has 1 atom stereocenters. The Hall–Kier alpha value is -2.77. The number of amides is 2. The topological polar surface area (TPSA) is 94.2 Å². The third kappa shape index (κ3) is 4.74. The van der Waals surface area contributed by atoms with Crippen LogP contribution < -0.4 is 14.8 Å². The fraction of sp³-hybridized carbons (Fsp3) is 0.550. The van der Waals surface area contributed by atoms with E-state index >= 15 is 0 Å². The van der Waals surface area contributed by atoms with Crippen molar-refractivity contribution in [1.82, 2.24) is 10.2 Å². The van der Waals surface area contributed by atoms with Crippen molar-refractivity contribution in [1.29, 1.82) is 0 Å². The van der Waals surface area contributed by atoms with Crippen LogP contribution >= 0.6 is 0 Å². The van der Waals surface area contributed by atoms with Gasteiger partial charge in [0.2, 0.25) is 18.6 Å². The number of rotatable bonds is 6. The third-order valence-electron chi connectivity index (χ3n) is 4.98. The zero-order valence-corrected chi connectivity index (χ0v) is 16.2. The van der Waals surface area contributed by atoms with E-state index in [0.29, 0.717) is 50.5 Å². The zero-order chi connectivity index (χ0) is 20.1. The molecule has 152 valence electrons. The highest BCUT2D eigenvalue weighted by Crippen LogP contribution is 2.33. The van der Waals surface area contributed by atoms with E-state index in [-0.39, 0.29) is 30.5 Å². The summed E-state index contributed by atoms with van der Waals surface area (Å²) in [7, 11) is 0. The van der Waals surface area contributed by atoms with E-state index in [9.17, 15) is 14.4 Å². The highest BCUT2D eigenvalue weighted by atomic mass is 16.7. The number of benzene rings is 1. The number of nitrogens with one attached hydrogen (secondary N) is 1. The van der Waals surface area contributed by atoms with E-state index in [1.54, 1.807) is 17.9 Å². The fourth-order valence-corrected chi connectivity index (χ4v) is 3.57. The zero-order valence-electron chi connectivity index (χ0n) is 16.2. The Balaban J connectivity index is 1.64. The number of carbonyl (C=O) groups excluding carboxylic acids is 3. The molecule has 0 bridgehead atoms. The summed E-state index contributed by atoms with van der Waals surface area (Å²) in [5.74, 6) is 0.537. The molecule has 1 N–H and O–H groups in total. The van der Waals surface area contributed by atoms with E-state index in [1.807, 2.05) is 12.1 Å². The molecule has 1 aromatic rings. The lowest BCUT2D eigenvalue weighted by atomic mass is 9.95. The molecule has 0 spiro atoms. The number of likely N-dealkylation sites (tertiary alicyclic amines) is 1. The van der Waals surface area contributed by atoms with Gasteiger partial charge in [0.25, 0.3) is 0 Å². The summed E-state index contributed by atoms with van der Waals surface area (Å²) in [6.07, 6.45) is 1.50. The van der Waals surface area contributed by atoms with Crippen LogP contribution in [0, 0.1) is 5.92 Å². The normalized spacial score (nSPS) is 17.1. The number of hydrogen-bond donors (Lipinski definition) is 1. The Morgan fingerprint density at radius 1 is 1.21 bits per heavy atom. The Morgan fingerprint density at radius 3 is 2.61 bits per heavy atom. The molecule has 1 fully saturated rings. The molecule has 0 aliphatic carbocycles. The number of ether oxygens (including phenoxy) is 3. The number of hydrogen-bond acceptors (Lipinski definition) is 6. The molecule has 2 aliphatic heterocycles. The van der Waals surface area contributed by atoms with Gasteiger partial charge in [-0.05, 0) is 37.5 Å². The molecule has 1 saturated heterocycles. The van der Waals surface area contributed by atoms with Gasteiger partial charge in [-0.3, -0.25) is 14.4 Å². The van der Waals surface area contributed by atoms with Gasteiger partial charge in [-0.15, -0.1) is 0 Å². The van der Waals surface area contributed by atoms with Crippen molar-refractivity contribution < 1.29 is 28.6 Å². The first kappa shape index (κ1) is 20.0. The molecule has 1 unspecified atom stereocenters. The van der Waals surface area contributed by atoms with E-state index < -0.39 is 6.04 Å². The Kier molecular flexibility index (Phi) is 6.38. The van der Waals surface area contributed by atoms with Gasteiger partial charge in [-0.1, -0.05) is 6.07 Å². The molecule has 1 aromatic carbocycles. The van der Waals surface area contributed by atoms with Crippen molar-refractivity contribution >= 4 is 17.8 Å². The van der Waals surface area contributed by atoms with E-state index in [4.69, 9.17) is 14.2 Å². The van der Waals surface area contributed by atoms with Crippen molar-refractivity contribution in [2.75, 3.05) is 26.5 Å². The fourth-order valence-electron chi connectivity index (χ4n) is 3.57. The predicted molar refractivity (Wildman–Crippen MR) is 99.8 cm³/mol. The number of esters is 1. The standard InChI is InChI=1S/C20H26N2O6/c1-3-26-20(25)15-6-8-22(9-7-15)19(24)16(21-13(2)23)10-14-4-5-17-18(11-14)28-12-27-17/h4-5,11,15-16H,3,6-10,12H2,1-2H3,(H,21,23). The molecular weight excluding hydrogens is 364 g/mol. The van der Waals surface area contributed by atoms with Crippen molar-refractivity contribution in [3.05, 3.63) is 23.8 Å². The van der Waals surface area contributed by atoms with Crippen LogP contribution in [0.2, 0.25) is 0 Å². The number of nitrogens with zero attached hydrogens (tertiary/aromatic N) is 1. The molecule has 0 radical (unpaired) electrons. The van der Waals surface area contributed by atoms with Gasteiger partial charge in [0.1, 0.15) is 6.04 Å². The number of piperidine rings is 1. The quantitative estimate of drug-likeness (QED) is 0.735. The van der Waals surface area contributed by atoms with Gasteiger partial charge in [0.05, 0.1) is 12.5 Å². The molecule has 0 aromatic heterocycles. The number of carbonyl (C=O) groups is 3. The minimum absolute atomic E-state index is 0.143. The molecule has 0 saturated carbocycles. The van der Waals surface area contributed by atoms with Crippen molar-refractivity contribution in [2.24, 2.45) is 5.92 Å². The monoisotopic (exact) mass is 390 g/mol. The summed E-state index contributed by atoms with van der Waals surface area (Å²) in [6.45, 7) is 4.66. The lowest BCUT2D eigenvalue weighted by Gasteiger charge is -2.33. The minimum Gasteiger partial charge on any atom is -0.466 e. The molecule has 3 rings (SSSR count). The highest BCUT2D eigenvalue weighted by Gasteiger charge is 2.32. The molecule has 8 nitrogen and oxygen atoms in total. The molecule has 8 heteroatoms. The summed E-state index contributed by atoms with van der Waals surface area (Å²) in [5.41, 5.74) is 0.873. The van der Waals surface area contributed by atoms with Crippen LogP contribution in [-0.2, 0) is 25.5 Å². The summed E-state index contributed by atoms with van der Waals surface area (Å²) in [4.78, 5) is 38.3. The minimum atomic E-state index is -0.669. The van der Waals surface area contributed by atoms with Crippen LogP contribution in [0.3, 0.4) is 0 Å².